The molecule has 1 amide bonds. The number of hydrazine groups is 1. The first kappa shape index (κ1) is 29.8. The van der Waals surface area contributed by atoms with Gasteiger partial charge in [-0.1, -0.05) is 85.8 Å². The molecule has 0 spiro atoms. The number of carboxylic acids is 1. The summed E-state index contributed by atoms with van der Waals surface area (Å²) in [5.41, 5.74) is 6.97. The van der Waals surface area contributed by atoms with E-state index in [0.717, 1.165) is 38.4 Å². The molecule has 43 heavy (non-hydrogen) atoms. The summed E-state index contributed by atoms with van der Waals surface area (Å²) in [7, 11) is 3.39. The molecule has 5 aromatic rings. The number of aromatic nitrogens is 1. The van der Waals surface area contributed by atoms with Crippen molar-refractivity contribution < 1.29 is 19.4 Å². The highest BCUT2D eigenvalue weighted by atomic mass is 16.5. The van der Waals surface area contributed by atoms with Crippen molar-refractivity contribution in [2.75, 3.05) is 20.7 Å². The second-order valence-electron chi connectivity index (χ2n) is 10.8. The number of likely N-dealkylation sites (N-methyl/N-ethyl adjacent to an activating group) is 2. The Bertz CT molecular complexity index is 1710. The zero-order valence-corrected chi connectivity index (χ0v) is 24.8. The van der Waals surface area contributed by atoms with Crippen molar-refractivity contribution in [2.45, 2.75) is 38.4 Å². The van der Waals surface area contributed by atoms with E-state index < -0.39 is 18.1 Å². The first-order chi connectivity index (χ1) is 20.9. The Morgan fingerprint density at radius 2 is 1.63 bits per heavy atom. The molecular formula is C35H38N4O4. The summed E-state index contributed by atoms with van der Waals surface area (Å²) < 4.78 is 5.52. The molecule has 5 rings (SSSR count). The average Bonchev–Trinajstić information content (AvgIpc) is 3.44. The maximum atomic E-state index is 14.2. The standard InChI is InChI=1S/C35H38N4O4/c1-4-39(37-31(35(41)42)21-28-22-36-30-15-9-8-14-29(28)30)32(20-24-17-18-25-11-5-6-12-26(25)19-24)34(40)38(2)23-27-13-7-10-16-33(27)43-3/h5-19,22,31-32,36-37H,4,20-21,23H2,1-3H3,(H,41,42)/t31-,32?/m0/s1. The van der Waals surface area contributed by atoms with Gasteiger partial charge in [0.15, 0.2) is 0 Å². The van der Waals surface area contributed by atoms with Crippen molar-refractivity contribution in [3.8, 4) is 5.75 Å². The summed E-state index contributed by atoms with van der Waals surface area (Å²) in [4.78, 5) is 31.7. The van der Waals surface area contributed by atoms with Gasteiger partial charge in [0.1, 0.15) is 17.8 Å². The zero-order valence-electron chi connectivity index (χ0n) is 24.8. The molecule has 4 aromatic carbocycles. The number of para-hydroxylation sites is 2. The molecular weight excluding hydrogens is 540 g/mol. The highest BCUT2D eigenvalue weighted by molar-refractivity contribution is 5.86. The number of nitrogens with one attached hydrogen (secondary N) is 2. The monoisotopic (exact) mass is 578 g/mol. The number of ether oxygens (including phenoxy) is 1. The Morgan fingerprint density at radius 3 is 2.40 bits per heavy atom. The number of fused-ring (bicyclic) bond motifs is 2. The molecule has 0 fully saturated rings. The summed E-state index contributed by atoms with van der Waals surface area (Å²) >= 11 is 0. The number of hydrogen-bond acceptors (Lipinski definition) is 5. The van der Waals surface area contributed by atoms with Gasteiger partial charge in [0, 0.05) is 49.2 Å². The van der Waals surface area contributed by atoms with Gasteiger partial charge in [-0.15, -0.1) is 0 Å². The molecule has 0 bridgehead atoms. The van der Waals surface area contributed by atoms with Crippen LogP contribution in [0.4, 0.5) is 0 Å². The molecule has 8 nitrogen and oxygen atoms in total. The molecule has 3 N–H and O–H groups in total. The molecule has 0 saturated carbocycles. The zero-order chi connectivity index (χ0) is 30.3. The Morgan fingerprint density at radius 1 is 0.907 bits per heavy atom. The lowest BCUT2D eigenvalue weighted by Crippen LogP contribution is -2.58. The second-order valence-corrected chi connectivity index (χ2v) is 10.8. The predicted molar refractivity (Wildman–Crippen MR) is 170 cm³/mol. The van der Waals surface area contributed by atoms with Crippen molar-refractivity contribution >= 4 is 33.6 Å². The minimum absolute atomic E-state index is 0.121. The fourth-order valence-electron chi connectivity index (χ4n) is 5.65. The molecule has 8 heteroatoms. The third-order valence-corrected chi connectivity index (χ3v) is 7.94. The minimum Gasteiger partial charge on any atom is -0.496 e. The van der Waals surface area contributed by atoms with E-state index in [9.17, 15) is 14.7 Å². The summed E-state index contributed by atoms with van der Waals surface area (Å²) in [6.45, 7) is 2.70. The van der Waals surface area contributed by atoms with Crippen LogP contribution in [0.5, 0.6) is 5.75 Å². The molecule has 1 heterocycles. The van der Waals surface area contributed by atoms with Crippen LogP contribution < -0.4 is 10.2 Å². The molecule has 1 aromatic heterocycles. The minimum atomic E-state index is -0.983. The number of rotatable bonds is 13. The Hall–Kier alpha value is -4.66. The maximum Gasteiger partial charge on any atom is 0.322 e. The third kappa shape index (κ3) is 6.88. The number of H-pyrrole nitrogens is 1. The van der Waals surface area contributed by atoms with Crippen LogP contribution in [0.1, 0.15) is 23.6 Å². The van der Waals surface area contributed by atoms with Gasteiger partial charge in [-0.2, -0.15) is 0 Å². The molecule has 2 atom stereocenters. The van der Waals surface area contributed by atoms with E-state index in [1.54, 1.807) is 24.1 Å². The maximum absolute atomic E-state index is 14.2. The quantitative estimate of drug-likeness (QED) is 0.161. The van der Waals surface area contributed by atoms with Gasteiger partial charge in [-0.3, -0.25) is 9.59 Å². The van der Waals surface area contributed by atoms with Gasteiger partial charge >= 0.3 is 5.97 Å². The van der Waals surface area contributed by atoms with Crippen LogP contribution in [0.15, 0.2) is 97.2 Å². The molecule has 0 aliphatic carbocycles. The molecule has 1 unspecified atom stereocenters. The van der Waals surface area contributed by atoms with Gasteiger partial charge in [-0.05, 0) is 40.5 Å². The third-order valence-electron chi connectivity index (χ3n) is 7.94. The smallest absolute Gasteiger partial charge is 0.322 e. The van der Waals surface area contributed by atoms with E-state index in [4.69, 9.17) is 4.74 Å². The molecule has 222 valence electrons. The van der Waals surface area contributed by atoms with Gasteiger partial charge in [-0.25, -0.2) is 10.4 Å². The van der Waals surface area contributed by atoms with Gasteiger partial charge in [0.2, 0.25) is 5.91 Å². The number of carboxylic acid groups (broad SMARTS) is 1. The Kier molecular flexibility index (Phi) is 9.39. The summed E-state index contributed by atoms with van der Waals surface area (Å²) in [5, 5.41) is 15.2. The van der Waals surface area contributed by atoms with E-state index >= 15 is 0 Å². The molecule has 0 saturated heterocycles. The van der Waals surface area contributed by atoms with Crippen molar-refractivity contribution in [1.29, 1.82) is 0 Å². The van der Waals surface area contributed by atoms with Crippen LogP contribution >= 0.6 is 0 Å². The van der Waals surface area contributed by atoms with Crippen molar-refractivity contribution in [2.24, 2.45) is 0 Å². The van der Waals surface area contributed by atoms with Gasteiger partial charge < -0.3 is 19.7 Å². The number of carbonyl (C=O) groups excluding carboxylic acids is 1. The fraction of sp³-hybridized carbons (Fsp3) is 0.257. The molecule has 0 aliphatic rings. The van der Waals surface area contributed by atoms with Crippen molar-refractivity contribution in [1.82, 2.24) is 20.3 Å². The molecule has 0 aliphatic heterocycles. The summed E-state index contributed by atoms with van der Waals surface area (Å²) in [6, 6.07) is 28.2. The van der Waals surface area contributed by atoms with E-state index in [-0.39, 0.29) is 12.3 Å². The van der Waals surface area contributed by atoms with E-state index in [1.807, 2.05) is 79.9 Å². The van der Waals surface area contributed by atoms with Crippen molar-refractivity contribution in [3.63, 3.8) is 0 Å². The van der Waals surface area contributed by atoms with E-state index in [2.05, 4.69) is 34.7 Å². The SMILES string of the molecule is CCN(N[C@@H](Cc1c[nH]c2ccccc12)C(=O)O)C(Cc1ccc2ccccc2c1)C(=O)N(C)Cc1ccccc1OC. The lowest BCUT2D eigenvalue weighted by atomic mass is 10.00. The Balaban J connectivity index is 1.44. The number of amides is 1. The lowest BCUT2D eigenvalue weighted by molar-refractivity contribution is -0.145. The van der Waals surface area contributed by atoms with Crippen LogP contribution in [-0.4, -0.2) is 64.7 Å². The predicted octanol–water partition coefficient (Wildman–Crippen LogP) is 5.42. The first-order valence-corrected chi connectivity index (χ1v) is 14.5. The number of nitrogens with zero attached hydrogens (tertiary/aromatic N) is 2. The number of aliphatic carboxylic acids is 1. The topological polar surface area (TPSA) is 97.9 Å². The second kappa shape index (κ2) is 13.5. The normalized spacial score (nSPS) is 12.8. The average molecular weight is 579 g/mol. The van der Waals surface area contributed by atoms with Gasteiger partial charge in [0.05, 0.1) is 7.11 Å². The van der Waals surface area contributed by atoms with Crippen LogP contribution in [0.2, 0.25) is 0 Å². The highest BCUT2D eigenvalue weighted by Crippen LogP contribution is 2.23. The summed E-state index contributed by atoms with van der Waals surface area (Å²) in [5.74, 6) is -0.393. The number of methoxy groups -OCH3 is 1. The first-order valence-electron chi connectivity index (χ1n) is 14.5. The number of aromatic amines is 1. The van der Waals surface area contributed by atoms with Crippen LogP contribution in [0.25, 0.3) is 21.7 Å². The van der Waals surface area contributed by atoms with Crippen molar-refractivity contribution in [3.05, 3.63) is 114 Å². The van der Waals surface area contributed by atoms with Crippen LogP contribution in [0.3, 0.4) is 0 Å². The fourth-order valence-corrected chi connectivity index (χ4v) is 5.65. The molecule has 0 radical (unpaired) electrons. The summed E-state index contributed by atoms with van der Waals surface area (Å²) in [6.07, 6.45) is 2.52. The van der Waals surface area contributed by atoms with Gasteiger partial charge in [0.25, 0.3) is 0 Å². The number of hydrogen-bond donors (Lipinski definition) is 3. The van der Waals surface area contributed by atoms with E-state index in [1.165, 1.54) is 0 Å². The Labute approximate surface area is 251 Å². The number of carbonyl (C=O) groups is 2. The van der Waals surface area contributed by atoms with Crippen LogP contribution in [-0.2, 0) is 29.0 Å². The highest BCUT2D eigenvalue weighted by Gasteiger charge is 2.32. The lowest BCUT2D eigenvalue weighted by Gasteiger charge is -2.35. The van der Waals surface area contributed by atoms with Crippen LogP contribution in [0, 0.1) is 0 Å². The number of benzene rings is 4. The largest absolute Gasteiger partial charge is 0.496 e. The van der Waals surface area contributed by atoms with E-state index in [0.29, 0.717) is 25.3 Å².